The smallest absolute Gasteiger partial charge is 0.227 e. The van der Waals surface area contributed by atoms with Crippen LogP contribution in [0, 0.1) is 11.7 Å². The quantitative estimate of drug-likeness (QED) is 0.859. The number of methoxy groups -OCH3 is 1. The highest BCUT2D eigenvalue weighted by molar-refractivity contribution is 6.01. The van der Waals surface area contributed by atoms with E-state index in [0.29, 0.717) is 11.4 Å². The first-order valence-electron chi connectivity index (χ1n) is 5.46. The number of rotatable bonds is 3. The number of amides is 2. The molecule has 1 aromatic carbocycles. The van der Waals surface area contributed by atoms with Crippen LogP contribution in [-0.4, -0.2) is 25.5 Å². The van der Waals surface area contributed by atoms with Crippen LogP contribution in [0.25, 0.3) is 0 Å². The first-order chi connectivity index (χ1) is 8.52. The molecule has 2 amide bonds. The molecule has 5 nitrogen and oxygen atoms in total. The van der Waals surface area contributed by atoms with Crippen LogP contribution in [0.1, 0.15) is 6.42 Å². The van der Waals surface area contributed by atoms with Crippen LogP contribution in [0.5, 0.6) is 5.75 Å². The summed E-state index contributed by atoms with van der Waals surface area (Å²) in [6, 6.07) is 3.89. The van der Waals surface area contributed by atoms with E-state index in [1.807, 2.05) is 0 Å². The number of carbonyl (C=O) groups excluding carboxylic acids is 2. The van der Waals surface area contributed by atoms with Crippen LogP contribution >= 0.6 is 0 Å². The lowest BCUT2D eigenvalue weighted by atomic mass is 10.1. The summed E-state index contributed by atoms with van der Waals surface area (Å²) in [5, 5.41) is 0. The molecule has 96 valence electrons. The number of carbonyl (C=O) groups is 2. The number of ether oxygens (including phenoxy) is 1. The Morgan fingerprint density at radius 3 is 2.83 bits per heavy atom. The molecule has 1 saturated heterocycles. The first-order valence-corrected chi connectivity index (χ1v) is 5.46. The van der Waals surface area contributed by atoms with Gasteiger partial charge in [0.1, 0.15) is 11.6 Å². The van der Waals surface area contributed by atoms with Crippen molar-refractivity contribution in [3.8, 4) is 5.75 Å². The lowest BCUT2D eigenvalue weighted by Gasteiger charge is -2.19. The van der Waals surface area contributed by atoms with Crippen LogP contribution < -0.4 is 15.4 Å². The fourth-order valence-corrected chi connectivity index (χ4v) is 2.01. The highest BCUT2D eigenvalue weighted by Crippen LogP contribution is 2.33. The molecule has 1 atom stereocenters. The standard InChI is InChI=1S/C12H13FN2O3/c1-18-10-3-2-8(13)5-9(10)15-6-7(12(14)17)4-11(15)16/h2-3,5,7H,4,6H2,1H3,(H2,14,17). The van der Waals surface area contributed by atoms with Crippen molar-refractivity contribution in [3.05, 3.63) is 24.0 Å². The fraction of sp³-hybridized carbons (Fsp3) is 0.333. The lowest BCUT2D eigenvalue weighted by Crippen LogP contribution is -2.28. The van der Waals surface area contributed by atoms with E-state index in [-0.39, 0.29) is 18.9 Å². The van der Waals surface area contributed by atoms with Gasteiger partial charge in [0, 0.05) is 19.0 Å². The number of anilines is 1. The largest absolute Gasteiger partial charge is 0.495 e. The Hall–Kier alpha value is -2.11. The van der Waals surface area contributed by atoms with Crippen LogP contribution in [0.3, 0.4) is 0 Å². The molecule has 1 aliphatic rings. The zero-order valence-electron chi connectivity index (χ0n) is 9.85. The molecule has 1 fully saturated rings. The van der Waals surface area contributed by atoms with Gasteiger partial charge in [0.15, 0.2) is 0 Å². The summed E-state index contributed by atoms with van der Waals surface area (Å²) in [5.41, 5.74) is 5.50. The van der Waals surface area contributed by atoms with Crippen molar-refractivity contribution in [1.82, 2.24) is 0 Å². The van der Waals surface area contributed by atoms with E-state index in [1.165, 1.54) is 30.2 Å². The Morgan fingerprint density at radius 1 is 1.56 bits per heavy atom. The predicted molar refractivity (Wildman–Crippen MR) is 62.6 cm³/mol. The number of hydrogen-bond acceptors (Lipinski definition) is 3. The van der Waals surface area contributed by atoms with Crippen molar-refractivity contribution in [2.75, 3.05) is 18.6 Å². The average molecular weight is 252 g/mol. The molecule has 0 saturated carbocycles. The van der Waals surface area contributed by atoms with Gasteiger partial charge >= 0.3 is 0 Å². The predicted octanol–water partition coefficient (Wildman–Crippen LogP) is 0.672. The van der Waals surface area contributed by atoms with Crippen molar-refractivity contribution >= 4 is 17.5 Å². The Bertz CT molecular complexity index is 504. The molecule has 18 heavy (non-hydrogen) atoms. The molecule has 1 aliphatic heterocycles. The molecule has 1 unspecified atom stereocenters. The summed E-state index contributed by atoms with van der Waals surface area (Å²) in [6.07, 6.45) is 0.0506. The van der Waals surface area contributed by atoms with E-state index in [1.54, 1.807) is 0 Å². The van der Waals surface area contributed by atoms with Crippen molar-refractivity contribution < 1.29 is 18.7 Å². The van der Waals surface area contributed by atoms with Crippen molar-refractivity contribution in [3.63, 3.8) is 0 Å². The van der Waals surface area contributed by atoms with Crippen LogP contribution in [0.4, 0.5) is 10.1 Å². The minimum Gasteiger partial charge on any atom is -0.495 e. The van der Waals surface area contributed by atoms with Gasteiger partial charge in [0.25, 0.3) is 0 Å². The Kier molecular flexibility index (Phi) is 3.18. The summed E-state index contributed by atoms with van der Waals surface area (Å²) in [4.78, 5) is 24.2. The van der Waals surface area contributed by atoms with Crippen LogP contribution in [0.2, 0.25) is 0 Å². The van der Waals surface area contributed by atoms with E-state index >= 15 is 0 Å². The average Bonchev–Trinajstić information content (AvgIpc) is 2.71. The summed E-state index contributed by atoms with van der Waals surface area (Å²) in [5.74, 6) is -1.41. The van der Waals surface area contributed by atoms with Gasteiger partial charge in [-0.3, -0.25) is 9.59 Å². The Morgan fingerprint density at radius 2 is 2.28 bits per heavy atom. The lowest BCUT2D eigenvalue weighted by molar-refractivity contribution is -0.123. The molecular formula is C12H13FN2O3. The van der Waals surface area contributed by atoms with Crippen molar-refractivity contribution in [1.29, 1.82) is 0 Å². The van der Waals surface area contributed by atoms with E-state index in [0.717, 1.165) is 0 Å². The highest BCUT2D eigenvalue weighted by Gasteiger charge is 2.35. The molecule has 6 heteroatoms. The van der Waals surface area contributed by atoms with Crippen molar-refractivity contribution in [2.45, 2.75) is 6.42 Å². The minimum absolute atomic E-state index is 0.0506. The van der Waals surface area contributed by atoms with Gasteiger partial charge in [-0.1, -0.05) is 0 Å². The molecule has 1 heterocycles. The normalized spacial score (nSPS) is 19.1. The molecule has 0 spiro atoms. The summed E-state index contributed by atoms with van der Waals surface area (Å²) < 4.78 is 18.3. The number of halogens is 1. The van der Waals surface area contributed by atoms with Gasteiger partial charge in [-0.05, 0) is 12.1 Å². The summed E-state index contributed by atoms with van der Waals surface area (Å²) in [6.45, 7) is 0.161. The SMILES string of the molecule is COc1ccc(F)cc1N1CC(C(N)=O)CC1=O. The van der Waals surface area contributed by atoms with Crippen LogP contribution in [-0.2, 0) is 9.59 Å². The number of benzene rings is 1. The zero-order chi connectivity index (χ0) is 13.3. The van der Waals surface area contributed by atoms with Gasteiger partial charge in [-0.25, -0.2) is 4.39 Å². The van der Waals surface area contributed by atoms with Gasteiger partial charge in [0.2, 0.25) is 11.8 Å². The van der Waals surface area contributed by atoms with Gasteiger partial charge in [-0.2, -0.15) is 0 Å². The first kappa shape index (κ1) is 12.3. The van der Waals surface area contributed by atoms with Gasteiger partial charge in [-0.15, -0.1) is 0 Å². The Balaban J connectivity index is 2.34. The Labute approximate surface area is 103 Å². The topological polar surface area (TPSA) is 72.6 Å². The molecule has 2 rings (SSSR count). The summed E-state index contributed by atoms with van der Waals surface area (Å²) in [7, 11) is 1.43. The van der Waals surface area contributed by atoms with Crippen molar-refractivity contribution in [2.24, 2.45) is 11.7 Å². The second-order valence-electron chi connectivity index (χ2n) is 4.12. The van der Waals surface area contributed by atoms with Gasteiger partial charge < -0.3 is 15.4 Å². The highest BCUT2D eigenvalue weighted by atomic mass is 19.1. The van der Waals surface area contributed by atoms with E-state index in [9.17, 15) is 14.0 Å². The molecule has 0 aliphatic carbocycles. The minimum atomic E-state index is -0.537. The monoisotopic (exact) mass is 252 g/mol. The molecular weight excluding hydrogens is 239 g/mol. The maximum Gasteiger partial charge on any atom is 0.227 e. The molecule has 2 N–H and O–H groups in total. The summed E-state index contributed by atoms with van der Waals surface area (Å²) >= 11 is 0. The number of hydrogen-bond donors (Lipinski definition) is 1. The fourth-order valence-electron chi connectivity index (χ4n) is 2.01. The number of nitrogens with zero attached hydrogens (tertiary/aromatic N) is 1. The third-order valence-electron chi connectivity index (χ3n) is 2.96. The van der Waals surface area contributed by atoms with Crippen LogP contribution in [0.15, 0.2) is 18.2 Å². The third-order valence-corrected chi connectivity index (χ3v) is 2.96. The number of primary amides is 1. The molecule has 0 aromatic heterocycles. The molecule has 0 radical (unpaired) electrons. The molecule has 0 bridgehead atoms. The van der Waals surface area contributed by atoms with Gasteiger partial charge in [0.05, 0.1) is 18.7 Å². The maximum absolute atomic E-state index is 13.2. The van der Waals surface area contributed by atoms with E-state index in [2.05, 4.69) is 0 Å². The van der Waals surface area contributed by atoms with E-state index < -0.39 is 17.6 Å². The van der Waals surface area contributed by atoms with E-state index in [4.69, 9.17) is 10.5 Å². The second kappa shape index (κ2) is 4.64. The second-order valence-corrected chi connectivity index (χ2v) is 4.12. The molecule has 1 aromatic rings. The number of nitrogens with two attached hydrogens (primary N) is 1. The zero-order valence-corrected chi connectivity index (χ0v) is 9.85. The third kappa shape index (κ3) is 2.13. The maximum atomic E-state index is 13.2.